The molecule has 1 saturated carbocycles. The Balaban J connectivity index is 1.79. The molecular formula is C24H34N4O4. The zero-order valence-corrected chi connectivity index (χ0v) is 18.8. The summed E-state index contributed by atoms with van der Waals surface area (Å²) < 4.78 is 0. The highest BCUT2D eigenvalue weighted by Crippen LogP contribution is 2.22. The van der Waals surface area contributed by atoms with Crippen LogP contribution in [0.15, 0.2) is 30.5 Å². The van der Waals surface area contributed by atoms with Gasteiger partial charge >= 0.3 is 0 Å². The Bertz CT molecular complexity index is 933. The number of hydroxylamine groups is 1. The molecule has 0 bridgehead atoms. The molecule has 2 atom stereocenters. The molecule has 1 fully saturated rings. The van der Waals surface area contributed by atoms with Gasteiger partial charge in [0.2, 0.25) is 17.7 Å². The van der Waals surface area contributed by atoms with Gasteiger partial charge in [0.05, 0.1) is 0 Å². The molecule has 0 aliphatic heterocycles. The Hall–Kier alpha value is -2.87. The van der Waals surface area contributed by atoms with Crippen LogP contribution in [0.1, 0.15) is 57.9 Å². The Morgan fingerprint density at radius 3 is 2.53 bits per heavy atom. The van der Waals surface area contributed by atoms with Gasteiger partial charge in [-0.3, -0.25) is 19.6 Å². The predicted octanol–water partition coefficient (Wildman–Crippen LogP) is 2.81. The summed E-state index contributed by atoms with van der Waals surface area (Å²) in [7, 11) is 0. The second kappa shape index (κ2) is 11.1. The number of H-pyrrole nitrogens is 1. The van der Waals surface area contributed by atoms with E-state index in [1.165, 1.54) is 0 Å². The lowest BCUT2D eigenvalue weighted by atomic mass is 9.92. The van der Waals surface area contributed by atoms with Crippen LogP contribution in [0, 0.1) is 11.8 Å². The van der Waals surface area contributed by atoms with E-state index in [-0.39, 0.29) is 30.2 Å². The number of hydrogen-bond acceptors (Lipinski definition) is 4. The summed E-state index contributed by atoms with van der Waals surface area (Å²) in [5.74, 6) is -1.63. The fourth-order valence-electron chi connectivity index (χ4n) is 4.51. The lowest BCUT2D eigenvalue weighted by Crippen LogP contribution is -2.52. The van der Waals surface area contributed by atoms with E-state index < -0.39 is 17.9 Å². The Kier molecular flexibility index (Phi) is 8.27. The first-order valence-electron chi connectivity index (χ1n) is 11.5. The van der Waals surface area contributed by atoms with Crippen LogP contribution in [0.2, 0.25) is 0 Å². The highest BCUT2D eigenvalue weighted by atomic mass is 16.5. The van der Waals surface area contributed by atoms with Crippen LogP contribution in [0.25, 0.3) is 10.9 Å². The van der Waals surface area contributed by atoms with Gasteiger partial charge < -0.3 is 15.6 Å². The minimum absolute atomic E-state index is 0.134. The van der Waals surface area contributed by atoms with Crippen molar-refractivity contribution in [2.24, 2.45) is 11.8 Å². The Morgan fingerprint density at radius 1 is 1.12 bits per heavy atom. The van der Waals surface area contributed by atoms with Crippen molar-refractivity contribution in [2.45, 2.75) is 70.9 Å². The van der Waals surface area contributed by atoms with E-state index in [2.05, 4.69) is 15.6 Å². The number of nitrogens with one attached hydrogen (secondary N) is 4. The molecule has 2 aromatic rings. The van der Waals surface area contributed by atoms with E-state index in [1.807, 2.05) is 44.3 Å². The van der Waals surface area contributed by atoms with Gasteiger partial charge in [-0.1, -0.05) is 44.9 Å². The number of para-hydroxylation sites is 1. The quantitative estimate of drug-likeness (QED) is 0.287. The molecular weight excluding hydrogens is 408 g/mol. The number of aromatic amines is 1. The largest absolute Gasteiger partial charge is 0.361 e. The van der Waals surface area contributed by atoms with Crippen LogP contribution in [-0.2, 0) is 20.8 Å². The SMILES string of the molecule is CC(C)C[C@H](CC(=O)NO)C(=O)N[C@@H](Cc1c[nH]c2ccccc12)C(=O)NC1CCCC1. The highest BCUT2D eigenvalue weighted by molar-refractivity contribution is 5.91. The molecule has 1 aromatic carbocycles. The van der Waals surface area contributed by atoms with Gasteiger partial charge in [-0.15, -0.1) is 0 Å². The maximum Gasteiger partial charge on any atom is 0.244 e. The number of benzene rings is 1. The Morgan fingerprint density at radius 2 is 1.84 bits per heavy atom. The second-order valence-electron chi connectivity index (χ2n) is 9.18. The zero-order chi connectivity index (χ0) is 23.1. The van der Waals surface area contributed by atoms with Gasteiger partial charge in [0.15, 0.2) is 0 Å². The third-order valence-electron chi connectivity index (χ3n) is 6.12. The number of carbonyl (C=O) groups excluding carboxylic acids is 3. The van der Waals surface area contributed by atoms with Crippen LogP contribution in [0.4, 0.5) is 0 Å². The molecule has 0 unspecified atom stereocenters. The molecule has 1 heterocycles. The van der Waals surface area contributed by atoms with Crippen LogP contribution in [0.5, 0.6) is 0 Å². The topological polar surface area (TPSA) is 123 Å². The van der Waals surface area contributed by atoms with Crippen LogP contribution in [-0.4, -0.2) is 40.0 Å². The molecule has 1 aromatic heterocycles. The van der Waals surface area contributed by atoms with Crippen LogP contribution < -0.4 is 16.1 Å². The first-order chi connectivity index (χ1) is 15.4. The first-order valence-corrected chi connectivity index (χ1v) is 11.5. The average Bonchev–Trinajstić information content (AvgIpc) is 3.42. The molecule has 1 aliphatic rings. The number of aromatic nitrogens is 1. The molecule has 5 N–H and O–H groups in total. The van der Waals surface area contributed by atoms with Crippen molar-refractivity contribution in [3.8, 4) is 0 Å². The summed E-state index contributed by atoms with van der Waals surface area (Å²) in [6.45, 7) is 3.93. The summed E-state index contributed by atoms with van der Waals surface area (Å²) in [5, 5.41) is 15.9. The molecule has 174 valence electrons. The van der Waals surface area contributed by atoms with Crippen molar-refractivity contribution in [1.29, 1.82) is 0 Å². The van der Waals surface area contributed by atoms with E-state index in [1.54, 1.807) is 5.48 Å². The summed E-state index contributed by atoms with van der Waals surface area (Å²) >= 11 is 0. The van der Waals surface area contributed by atoms with Crippen molar-refractivity contribution in [3.05, 3.63) is 36.0 Å². The molecule has 3 rings (SSSR count). The first kappa shape index (κ1) is 23.8. The molecule has 32 heavy (non-hydrogen) atoms. The summed E-state index contributed by atoms with van der Waals surface area (Å²) in [6, 6.07) is 7.22. The van der Waals surface area contributed by atoms with Crippen molar-refractivity contribution in [3.63, 3.8) is 0 Å². The van der Waals surface area contributed by atoms with Gasteiger partial charge in [-0.25, -0.2) is 5.48 Å². The van der Waals surface area contributed by atoms with Gasteiger partial charge in [0.25, 0.3) is 0 Å². The van der Waals surface area contributed by atoms with Gasteiger partial charge in [-0.2, -0.15) is 0 Å². The number of fused-ring (bicyclic) bond motifs is 1. The minimum Gasteiger partial charge on any atom is -0.361 e. The van der Waals surface area contributed by atoms with E-state index in [4.69, 9.17) is 5.21 Å². The predicted molar refractivity (Wildman–Crippen MR) is 122 cm³/mol. The molecule has 8 heteroatoms. The normalized spacial score (nSPS) is 16.1. The summed E-state index contributed by atoms with van der Waals surface area (Å²) in [5.41, 5.74) is 3.52. The molecule has 1 aliphatic carbocycles. The van der Waals surface area contributed by atoms with Gasteiger partial charge in [0, 0.05) is 41.9 Å². The summed E-state index contributed by atoms with van der Waals surface area (Å²) in [6.07, 6.45) is 6.65. The maximum atomic E-state index is 13.2. The van der Waals surface area contributed by atoms with Gasteiger partial charge in [-0.05, 0) is 36.8 Å². The number of carbonyl (C=O) groups is 3. The van der Waals surface area contributed by atoms with E-state index in [0.717, 1.165) is 42.1 Å². The highest BCUT2D eigenvalue weighted by Gasteiger charge is 2.30. The molecule has 0 spiro atoms. The lowest BCUT2D eigenvalue weighted by Gasteiger charge is -2.24. The molecule has 8 nitrogen and oxygen atoms in total. The number of amides is 3. The molecule has 3 amide bonds. The number of hydrogen-bond donors (Lipinski definition) is 5. The maximum absolute atomic E-state index is 13.2. The van der Waals surface area contributed by atoms with Crippen molar-refractivity contribution < 1.29 is 19.6 Å². The fraction of sp³-hybridized carbons (Fsp3) is 0.542. The fourth-order valence-corrected chi connectivity index (χ4v) is 4.51. The van der Waals surface area contributed by atoms with Crippen molar-refractivity contribution in [1.82, 2.24) is 21.1 Å². The standard InChI is InChI=1S/C24H34N4O4/c1-15(2)11-16(13-22(29)28-32)23(30)27-21(24(31)26-18-7-3-4-8-18)12-17-14-25-20-10-6-5-9-19(17)20/h5-6,9-10,14-16,18,21,25,32H,3-4,7-8,11-13H2,1-2H3,(H,26,31)(H,27,30)(H,28,29)/t16-,21+/m1/s1. The minimum atomic E-state index is -0.755. The van der Waals surface area contributed by atoms with Crippen LogP contribution >= 0.6 is 0 Å². The zero-order valence-electron chi connectivity index (χ0n) is 18.8. The van der Waals surface area contributed by atoms with Crippen molar-refractivity contribution >= 4 is 28.6 Å². The van der Waals surface area contributed by atoms with E-state index >= 15 is 0 Å². The lowest BCUT2D eigenvalue weighted by molar-refractivity contribution is -0.136. The van der Waals surface area contributed by atoms with Crippen molar-refractivity contribution in [2.75, 3.05) is 0 Å². The van der Waals surface area contributed by atoms with Gasteiger partial charge in [0.1, 0.15) is 6.04 Å². The molecule has 0 radical (unpaired) electrons. The van der Waals surface area contributed by atoms with Crippen LogP contribution in [0.3, 0.4) is 0 Å². The van der Waals surface area contributed by atoms with E-state index in [9.17, 15) is 14.4 Å². The Labute approximate surface area is 188 Å². The monoisotopic (exact) mass is 442 g/mol. The third kappa shape index (κ3) is 6.32. The third-order valence-corrected chi connectivity index (χ3v) is 6.12. The molecule has 0 saturated heterocycles. The van der Waals surface area contributed by atoms with E-state index in [0.29, 0.717) is 12.8 Å². The average molecular weight is 443 g/mol. The number of rotatable bonds is 10. The smallest absolute Gasteiger partial charge is 0.244 e. The second-order valence-corrected chi connectivity index (χ2v) is 9.18. The summed E-state index contributed by atoms with van der Waals surface area (Å²) in [4.78, 5) is 41.2.